The molecule has 1 aromatic heterocycles. The molecule has 0 aliphatic heterocycles. The van der Waals surface area contributed by atoms with Gasteiger partial charge in [0.2, 0.25) is 11.8 Å². The Bertz CT molecular complexity index is 476. The summed E-state index contributed by atoms with van der Waals surface area (Å²) < 4.78 is 0. The lowest BCUT2D eigenvalue weighted by Crippen LogP contribution is -2.27. The zero-order valence-electron chi connectivity index (χ0n) is 11.5. The highest BCUT2D eigenvalue weighted by atomic mass is 16.6. The molecule has 1 heterocycles. The van der Waals surface area contributed by atoms with Crippen molar-refractivity contribution in [1.82, 2.24) is 9.97 Å². The van der Waals surface area contributed by atoms with E-state index in [1.54, 1.807) is 14.0 Å². The SMILES string of the molecule is CNc1nc(C)c([N+](=O)[O-])c(NCC(C)(C)CO)n1. The number of aliphatic hydroxyl groups is 1. The van der Waals surface area contributed by atoms with Gasteiger partial charge in [0.05, 0.1) is 4.92 Å². The van der Waals surface area contributed by atoms with Crippen LogP contribution in [-0.4, -0.2) is 40.2 Å². The Morgan fingerprint density at radius 1 is 1.42 bits per heavy atom. The van der Waals surface area contributed by atoms with E-state index in [0.29, 0.717) is 12.5 Å². The molecule has 0 unspecified atom stereocenters. The van der Waals surface area contributed by atoms with Crippen LogP contribution in [0.5, 0.6) is 0 Å². The van der Waals surface area contributed by atoms with Gasteiger partial charge in [-0.2, -0.15) is 4.98 Å². The van der Waals surface area contributed by atoms with Crippen molar-refractivity contribution < 1.29 is 10.0 Å². The second-order valence-electron chi connectivity index (χ2n) is 5.01. The molecular formula is C11H19N5O3. The Morgan fingerprint density at radius 3 is 2.53 bits per heavy atom. The Morgan fingerprint density at radius 2 is 2.05 bits per heavy atom. The van der Waals surface area contributed by atoms with Crippen molar-refractivity contribution in [1.29, 1.82) is 0 Å². The maximum absolute atomic E-state index is 11.1. The first-order chi connectivity index (χ1) is 8.80. The highest BCUT2D eigenvalue weighted by Crippen LogP contribution is 2.27. The van der Waals surface area contributed by atoms with Gasteiger partial charge in [0.15, 0.2) is 0 Å². The molecule has 3 N–H and O–H groups in total. The number of aliphatic hydroxyl groups excluding tert-OH is 1. The van der Waals surface area contributed by atoms with E-state index in [1.165, 1.54) is 0 Å². The molecule has 0 fully saturated rings. The molecule has 1 rings (SSSR count). The summed E-state index contributed by atoms with van der Waals surface area (Å²) in [6.45, 7) is 5.58. The van der Waals surface area contributed by atoms with Gasteiger partial charge in [-0.1, -0.05) is 13.8 Å². The lowest BCUT2D eigenvalue weighted by molar-refractivity contribution is -0.385. The van der Waals surface area contributed by atoms with Gasteiger partial charge in [0.1, 0.15) is 5.69 Å². The second-order valence-corrected chi connectivity index (χ2v) is 5.01. The minimum absolute atomic E-state index is 0.0310. The molecule has 0 saturated carbocycles. The summed E-state index contributed by atoms with van der Waals surface area (Å²) in [6, 6.07) is 0. The van der Waals surface area contributed by atoms with Gasteiger partial charge in [-0.3, -0.25) is 10.1 Å². The van der Waals surface area contributed by atoms with Crippen molar-refractivity contribution in [3.8, 4) is 0 Å². The molecule has 0 bridgehead atoms. The number of aromatic nitrogens is 2. The Labute approximate surface area is 111 Å². The molecule has 19 heavy (non-hydrogen) atoms. The molecule has 8 nitrogen and oxygen atoms in total. The number of aryl methyl sites for hydroxylation is 1. The molecule has 0 saturated heterocycles. The number of nitrogens with one attached hydrogen (secondary N) is 2. The highest BCUT2D eigenvalue weighted by Gasteiger charge is 2.24. The first-order valence-electron chi connectivity index (χ1n) is 5.86. The average Bonchev–Trinajstić information content (AvgIpc) is 2.35. The van der Waals surface area contributed by atoms with Gasteiger partial charge in [0.25, 0.3) is 0 Å². The van der Waals surface area contributed by atoms with Crippen molar-refractivity contribution in [3.63, 3.8) is 0 Å². The molecule has 106 valence electrons. The third-order valence-corrected chi connectivity index (χ3v) is 2.63. The Hall–Kier alpha value is -1.96. The first kappa shape index (κ1) is 15.1. The third kappa shape index (κ3) is 3.75. The van der Waals surface area contributed by atoms with Crippen LogP contribution in [0.1, 0.15) is 19.5 Å². The Balaban J connectivity index is 3.10. The summed E-state index contributed by atoms with van der Waals surface area (Å²) in [4.78, 5) is 18.6. The predicted molar refractivity (Wildman–Crippen MR) is 72.3 cm³/mol. The number of hydrogen-bond donors (Lipinski definition) is 3. The van der Waals surface area contributed by atoms with E-state index < -0.39 is 10.3 Å². The monoisotopic (exact) mass is 269 g/mol. The van der Waals surface area contributed by atoms with Crippen LogP contribution in [0.4, 0.5) is 17.5 Å². The van der Waals surface area contributed by atoms with Crippen LogP contribution in [0.2, 0.25) is 0 Å². The molecule has 0 aromatic carbocycles. The number of nitro groups is 1. The average molecular weight is 269 g/mol. The maximum atomic E-state index is 11.1. The number of nitrogens with zero attached hydrogens (tertiary/aromatic N) is 3. The zero-order chi connectivity index (χ0) is 14.6. The number of hydrogen-bond acceptors (Lipinski definition) is 7. The lowest BCUT2D eigenvalue weighted by Gasteiger charge is -2.22. The van der Waals surface area contributed by atoms with E-state index in [-0.39, 0.29) is 23.8 Å². The van der Waals surface area contributed by atoms with Crippen molar-refractivity contribution >= 4 is 17.5 Å². The molecule has 1 aromatic rings. The van der Waals surface area contributed by atoms with Gasteiger partial charge in [-0.25, -0.2) is 4.98 Å². The quantitative estimate of drug-likeness (QED) is 0.524. The summed E-state index contributed by atoms with van der Waals surface area (Å²) in [6.07, 6.45) is 0. The molecule has 0 atom stereocenters. The smallest absolute Gasteiger partial charge is 0.332 e. The molecule has 8 heteroatoms. The first-order valence-corrected chi connectivity index (χ1v) is 5.86. The fraction of sp³-hybridized carbons (Fsp3) is 0.636. The van der Waals surface area contributed by atoms with E-state index in [2.05, 4.69) is 20.6 Å². The molecular weight excluding hydrogens is 250 g/mol. The van der Waals surface area contributed by atoms with E-state index in [4.69, 9.17) is 0 Å². The van der Waals surface area contributed by atoms with Crippen molar-refractivity contribution in [2.75, 3.05) is 30.8 Å². The predicted octanol–water partition coefficient (Wildman–Crippen LogP) is 1.17. The topological polar surface area (TPSA) is 113 Å². The Kier molecular flexibility index (Phi) is 4.60. The second kappa shape index (κ2) is 5.79. The summed E-state index contributed by atoms with van der Waals surface area (Å²) in [5.41, 5.74) is -0.256. The van der Waals surface area contributed by atoms with Crippen LogP contribution in [-0.2, 0) is 0 Å². The van der Waals surface area contributed by atoms with Crippen LogP contribution >= 0.6 is 0 Å². The zero-order valence-corrected chi connectivity index (χ0v) is 11.5. The normalized spacial score (nSPS) is 11.2. The number of rotatable bonds is 6. The fourth-order valence-electron chi connectivity index (χ4n) is 1.40. The van der Waals surface area contributed by atoms with Crippen LogP contribution < -0.4 is 10.6 Å². The van der Waals surface area contributed by atoms with E-state index in [9.17, 15) is 15.2 Å². The molecule has 0 aliphatic rings. The van der Waals surface area contributed by atoms with E-state index in [0.717, 1.165) is 0 Å². The molecule has 0 radical (unpaired) electrons. The number of anilines is 2. The van der Waals surface area contributed by atoms with E-state index in [1.807, 2.05) is 13.8 Å². The van der Waals surface area contributed by atoms with Gasteiger partial charge >= 0.3 is 5.69 Å². The highest BCUT2D eigenvalue weighted by molar-refractivity contribution is 5.60. The lowest BCUT2D eigenvalue weighted by atomic mass is 9.95. The largest absolute Gasteiger partial charge is 0.396 e. The van der Waals surface area contributed by atoms with Crippen LogP contribution in [0.15, 0.2) is 0 Å². The van der Waals surface area contributed by atoms with Crippen LogP contribution in [0.3, 0.4) is 0 Å². The maximum Gasteiger partial charge on any atom is 0.332 e. The standard InChI is InChI=1S/C11H19N5O3/c1-7-8(16(18)19)9(15-10(12-4)14-7)13-5-11(2,3)6-17/h17H,5-6H2,1-4H3,(H2,12,13,14,15). The van der Waals surface area contributed by atoms with Gasteiger partial charge < -0.3 is 15.7 Å². The van der Waals surface area contributed by atoms with Crippen LogP contribution in [0, 0.1) is 22.5 Å². The molecule has 0 aliphatic carbocycles. The summed E-state index contributed by atoms with van der Waals surface area (Å²) in [5.74, 6) is 0.468. The third-order valence-electron chi connectivity index (χ3n) is 2.63. The summed E-state index contributed by atoms with van der Waals surface area (Å²) in [7, 11) is 1.64. The fourth-order valence-corrected chi connectivity index (χ4v) is 1.40. The summed E-state index contributed by atoms with van der Waals surface area (Å²) >= 11 is 0. The van der Waals surface area contributed by atoms with Gasteiger partial charge in [0, 0.05) is 25.6 Å². The van der Waals surface area contributed by atoms with Crippen molar-refractivity contribution in [2.24, 2.45) is 5.41 Å². The van der Waals surface area contributed by atoms with Crippen molar-refractivity contribution in [2.45, 2.75) is 20.8 Å². The van der Waals surface area contributed by atoms with E-state index >= 15 is 0 Å². The van der Waals surface area contributed by atoms with Crippen LogP contribution in [0.25, 0.3) is 0 Å². The minimum Gasteiger partial charge on any atom is -0.396 e. The summed E-state index contributed by atoms with van der Waals surface area (Å²) in [5, 5.41) is 25.9. The van der Waals surface area contributed by atoms with Gasteiger partial charge in [-0.05, 0) is 6.92 Å². The van der Waals surface area contributed by atoms with Crippen molar-refractivity contribution in [3.05, 3.63) is 15.8 Å². The minimum atomic E-state index is -0.511. The molecule has 0 spiro atoms. The molecule has 0 amide bonds. The van der Waals surface area contributed by atoms with Gasteiger partial charge in [-0.15, -0.1) is 0 Å².